The second-order valence-corrected chi connectivity index (χ2v) is 4.42. The predicted molar refractivity (Wildman–Crippen MR) is 71.3 cm³/mol. The first-order chi connectivity index (χ1) is 8.43. The molecule has 3 N–H and O–H groups in total. The highest BCUT2D eigenvalue weighted by molar-refractivity contribution is 7.80. The van der Waals surface area contributed by atoms with Gasteiger partial charge in [0.2, 0.25) is 0 Å². The lowest BCUT2D eigenvalue weighted by molar-refractivity contribution is 0.0941. The van der Waals surface area contributed by atoms with Crippen LogP contribution in [0.2, 0.25) is 0 Å². The highest BCUT2D eigenvalue weighted by Crippen LogP contribution is 2.18. The molecule has 1 rings (SSSR count). The second kappa shape index (κ2) is 6.30. The number of nitrogens with one attached hydrogen (secondary N) is 1. The van der Waals surface area contributed by atoms with Crippen molar-refractivity contribution in [3.63, 3.8) is 0 Å². The lowest BCUT2D eigenvalue weighted by Crippen LogP contribution is -2.35. The Balaban J connectivity index is 2.75. The van der Waals surface area contributed by atoms with Crippen molar-refractivity contribution in [3.05, 3.63) is 29.6 Å². The van der Waals surface area contributed by atoms with Gasteiger partial charge in [-0.2, -0.15) is 0 Å². The Kier molecular flexibility index (Phi) is 5.03. The largest absolute Gasteiger partial charge is 0.494 e. The standard InChI is InChI=1S/C12H15FN2O2S/c1-7(5-11(14)18)15-12(16)8-3-4-9(13)10(6-8)17-2/h3-4,6-7H,5H2,1-2H3,(H2,14,18)(H,15,16). The van der Waals surface area contributed by atoms with Crippen LogP contribution >= 0.6 is 12.2 Å². The van der Waals surface area contributed by atoms with E-state index in [2.05, 4.69) is 5.32 Å². The third-order valence-electron chi connectivity index (χ3n) is 2.30. The van der Waals surface area contributed by atoms with E-state index in [1.165, 1.54) is 25.3 Å². The number of hydrogen-bond acceptors (Lipinski definition) is 3. The zero-order valence-corrected chi connectivity index (χ0v) is 11.0. The summed E-state index contributed by atoms with van der Waals surface area (Å²) < 4.78 is 18.0. The predicted octanol–water partition coefficient (Wildman–Crippen LogP) is 1.63. The molecule has 1 aromatic carbocycles. The summed E-state index contributed by atoms with van der Waals surface area (Å²) >= 11 is 4.75. The molecule has 0 aliphatic carbocycles. The lowest BCUT2D eigenvalue weighted by Gasteiger charge is -2.13. The molecule has 0 aromatic heterocycles. The van der Waals surface area contributed by atoms with Gasteiger partial charge in [0, 0.05) is 18.0 Å². The highest BCUT2D eigenvalue weighted by Gasteiger charge is 2.13. The van der Waals surface area contributed by atoms with E-state index >= 15 is 0 Å². The van der Waals surface area contributed by atoms with Crippen molar-refractivity contribution in [2.24, 2.45) is 5.73 Å². The number of ether oxygens (including phenoxy) is 1. The molecular formula is C12H15FN2O2S. The van der Waals surface area contributed by atoms with E-state index in [-0.39, 0.29) is 17.7 Å². The van der Waals surface area contributed by atoms with Crippen molar-refractivity contribution in [1.82, 2.24) is 5.32 Å². The fourth-order valence-electron chi connectivity index (χ4n) is 1.46. The van der Waals surface area contributed by atoms with Crippen LogP contribution in [0.1, 0.15) is 23.7 Å². The minimum Gasteiger partial charge on any atom is -0.494 e. The number of thiocarbonyl (C=S) groups is 1. The number of carbonyl (C=O) groups excluding carboxylic acids is 1. The molecule has 1 atom stereocenters. The zero-order valence-electron chi connectivity index (χ0n) is 10.2. The first-order valence-corrected chi connectivity index (χ1v) is 5.77. The Labute approximate surface area is 110 Å². The monoisotopic (exact) mass is 270 g/mol. The number of rotatable bonds is 5. The Morgan fingerprint density at radius 1 is 1.61 bits per heavy atom. The summed E-state index contributed by atoms with van der Waals surface area (Å²) in [6, 6.07) is 3.75. The molecule has 4 nitrogen and oxygen atoms in total. The molecule has 1 aromatic rings. The number of amides is 1. The molecule has 1 unspecified atom stereocenters. The van der Waals surface area contributed by atoms with Gasteiger partial charge in [-0.05, 0) is 25.1 Å². The molecule has 0 saturated heterocycles. The summed E-state index contributed by atoms with van der Waals surface area (Å²) in [5, 5.41) is 2.71. The van der Waals surface area contributed by atoms with Crippen LogP contribution in [0.4, 0.5) is 4.39 Å². The topological polar surface area (TPSA) is 64.3 Å². The molecule has 1 amide bonds. The van der Waals surface area contributed by atoms with Crippen molar-refractivity contribution in [2.45, 2.75) is 19.4 Å². The number of halogens is 1. The van der Waals surface area contributed by atoms with Gasteiger partial charge in [-0.15, -0.1) is 0 Å². The van der Waals surface area contributed by atoms with Crippen molar-refractivity contribution < 1.29 is 13.9 Å². The molecule has 18 heavy (non-hydrogen) atoms. The van der Waals surface area contributed by atoms with E-state index in [0.717, 1.165) is 0 Å². The fourth-order valence-corrected chi connectivity index (χ4v) is 1.71. The van der Waals surface area contributed by atoms with E-state index in [0.29, 0.717) is 17.0 Å². The molecule has 0 bridgehead atoms. The number of methoxy groups -OCH3 is 1. The Hall–Kier alpha value is -1.69. The summed E-state index contributed by atoms with van der Waals surface area (Å²) in [6.07, 6.45) is 0.416. The van der Waals surface area contributed by atoms with Crippen molar-refractivity contribution in [2.75, 3.05) is 7.11 Å². The van der Waals surface area contributed by atoms with Crippen LogP contribution in [0.25, 0.3) is 0 Å². The maximum Gasteiger partial charge on any atom is 0.251 e. The van der Waals surface area contributed by atoms with Crippen LogP contribution in [0.5, 0.6) is 5.75 Å². The fraction of sp³-hybridized carbons (Fsp3) is 0.333. The van der Waals surface area contributed by atoms with Gasteiger partial charge in [0.15, 0.2) is 11.6 Å². The molecular weight excluding hydrogens is 255 g/mol. The maximum absolute atomic E-state index is 13.2. The molecule has 0 spiro atoms. The Morgan fingerprint density at radius 3 is 2.83 bits per heavy atom. The SMILES string of the molecule is COc1cc(C(=O)NC(C)CC(N)=S)ccc1F. The van der Waals surface area contributed by atoms with Crippen molar-refractivity contribution in [1.29, 1.82) is 0 Å². The third kappa shape index (κ3) is 3.96. The molecule has 0 aliphatic heterocycles. The van der Waals surface area contributed by atoms with Gasteiger partial charge in [0.25, 0.3) is 5.91 Å². The normalized spacial score (nSPS) is 11.7. The van der Waals surface area contributed by atoms with E-state index in [4.69, 9.17) is 22.7 Å². The molecule has 0 radical (unpaired) electrons. The van der Waals surface area contributed by atoms with E-state index in [9.17, 15) is 9.18 Å². The van der Waals surface area contributed by atoms with E-state index in [1.54, 1.807) is 6.92 Å². The third-order valence-corrected chi connectivity index (χ3v) is 2.46. The maximum atomic E-state index is 13.2. The summed E-state index contributed by atoms with van der Waals surface area (Å²) in [5.74, 6) is -0.799. The van der Waals surface area contributed by atoms with Gasteiger partial charge in [0.1, 0.15) is 0 Å². The van der Waals surface area contributed by atoms with Crippen LogP contribution < -0.4 is 15.8 Å². The molecule has 0 aliphatic rings. The molecule has 0 saturated carbocycles. The van der Waals surface area contributed by atoms with Gasteiger partial charge in [-0.25, -0.2) is 4.39 Å². The van der Waals surface area contributed by atoms with Gasteiger partial charge in [-0.1, -0.05) is 12.2 Å². The van der Waals surface area contributed by atoms with Crippen LogP contribution in [0.15, 0.2) is 18.2 Å². The van der Waals surface area contributed by atoms with Gasteiger partial charge >= 0.3 is 0 Å². The molecule has 0 heterocycles. The van der Waals surface area contributed by atoms with Crippen molar-refractivity contribution in [3.8, 4) is 5.75 Å². The first kappa shape index (κ1) is 14.4. The Bertz CT molecular complexity index is 465. The number of benzene rings is 1. The lowest BCUT2D eigenvalue weighted by atomic mass is 10.1. The number of nitrogens with two attached hydrogens (primary N) is 1. The Morgan fingerprint density at radius 2 is 2.28 bits per heavy atom. The smallest absolute Gasteiger partial charge is 0.251 e. The summed E-state index contributed by atoms with van der Waals surface area (Å²) in [7, 11) is 1.34. The summed E-state index contributed by atoms with van der Waals surface area (Å²) in [5.41, 5.74) is 5.71. The van der Waals surface area contributed by atoms with Gasteiger partial charge in [0.05, 0.1) is 12.1 Å². The molecule has 0 fully saturated rings. The van der Waals surface area contributed by atoms with Crippen LogP contribution in [-0.4, -0.2) is 24.0 Å². The highest BCUT2D eigenvalue weighted by atomic mass is 32.1. The minimum atomic E-state index is -0.509. The van der Waals surface area contributed by atoms with Crippen molar-refractivity contribution >= 4 is 23.1 Å². The number of hydrogen-bond donors (Lipinski definition) is 2. The van der Waals surface area contributed by atoms with Crippen LogP contribution in [0.3, 0.4) is 0 Å². The number of carbonyl (C=O) groups is 1. The van der Waals surface area contributed by atoms with Crippen LogP contribution in [-0.2, 0) is 0 Å². The summed E-state index contributed by atoms with van der Waals surface area (Å²) in [4.78, 5) is 12.2. The van der Waals surface area contributed by atoms with E-state index < -0.39 is 5.82 Å². The average Bonchev–Trinajstić information content (AvgIpc) is 2.28. The first-order valence-electron chi connectivity index (χ1n) is 5.36. The second-order valence-electron chi connectivity index (χ2n) is 3.89. The zero-order chi connectivity index (χ0) is 13.7. The van der Waals surface area contributed by atoms with Gasteiger partial charge in [-0.3, -0.25) is 4.79 Å². The average molecular weight is 270 g/mol. The molecule has 6 heteroatoms. The van der Waals surface area contributed by atoms with E-state index in [1.807, 2.05) is 0 Å². The summed E-state index contributed by atoms with van der Waals surface area (Å²) in [6.45, 7) is 1.79. The van der Waals surface area contributed by atoms with Crippen LogP contribution in [0, 0.1) is 5.82 Å². The quantitative estimate of drug-likeness (QED) is 0.798. The van der Waals surface area contributed by atoms with Gasteiger partial charge < -0.3 is 15.8 Å². The minimum absolute atomic E-state index is 0.0321. The molecule has 98 valence electrons.